The number of hydrogen-bond donors (Lipinski definition) is 3. The van der Waals surface area contributed by atoms with E-state index in [4.69, 9.17) is 37.0 Å². The van der Waals surface area contributed by atoms with Crippen molar-refractivity contribution in [1.82, 2.24) is 0 Å². The minimum atomic E-state index is -4.97. The highest BCUT2D eigenvalue weighted by Crippen LogP contribution is 2.45. The van der Waals surface area contributed by atoms with Gasteiger partial charge in [0, 0.05) is 25.7 Å². The van der Waals surface area contributed by atoms with Crippen LogP contribution in [0.1, 0.15) is 465 Å². The first kappa shape index (κ1) is 104. The maximum absolute atomic E-state index is 13.2. The van der Waals surface area contributed by atoms with Gasteiger partial charge in [0.2, 0.25) is 0 Å². The molecule has 0 aromatic carbocycles. The lowest BCUT2D eigenvalue weighted by Gasteiger charge is -2.21. The number of unbranched alkanes of at least 4 members (excludes halogenated alkanes) is 56. The topological polar surface area (TPSA) is 237 Å². The molecule has 0 amide bonds. The molecule has 106 heavy (non-hydrogen) atoms. The SMILES string of the molecule is CCCCCCCCCCCCCCCCCCCCCCC(=O)O[C@H](COC(=O)CCCCCCCCCCCCCCCCC(C)C)COP(=O)(O)OC[C@@H](O)COP(=O)(O)OC[C@@H](COC(=O)CCCCCCCCCCCCCCC)OC(=O)CCCCCCCCCCCCCCCC(C)C. The Morgan fingerprint density at radius 2 is 0.434 bits per heavy atom. The van der Waals surface area contributed by atoms with Crippen molar-refractivity contribution in [2.24, 2.45) is 11.8 Å². The summed E-state index contributed by atoms with van der Waals surface area (Å²) in [5.74, 6) is -0.513. The second-order valence-electron chi connectivity index (χ2n) is 32.2. The predicted molar refractivity (Wildman–Crippen MR) is 437 cm³/mol. The minimum Gasteiger partial charge on any atom is -0.462 e. The molecule has 5 atom stereocenters. The zero-order valence-corrected chi connectivity index (χ0v) is 71.5. The molecule has 19 heteroatoms. The van der Waals surface area contributed by atoms with E-state index in [-0.39, 0.29) is 25.7 Å². The lowest BCUT2D eigenvalue weighted by atomic mass is 10.0. The molecule has 0 aliphatic carbocycles. The van der Waals surface area contributed by atoms with E-state index < -0.39 is 97.5 Å². The quantitative estimate of drug-likeness (QED) is 0.0222. The van der Waals surface area contributed by atoms with Crippen molar-refractivity contribution in [3.63, 3.8) is 0 Å². The molecule has 0 aliphatic rings. The van der Waals surface area contributed by atoms with Gasteiger partial charge in [0.15, 0.2) is 12.2 Å². The zero-order chi connectivity index (χ0) is 77.8. The van der Waals surface area contributed by atoms with Crippen LogP contribution in [0.5, 0.6) is 0 Å². The molecule has 0 saturated heterocycles. The van der Waals surface area contributed by atoms with Crippen molar-refractivity contribution in [3.8, 4) is 0 Å². The van der Waals surface area contributed by atoms with Crippen molar-refractivity contribution < 1.29 is 80.2 Å². The van der Waals surface area contributed by atoms with Crippen LogP contribution in [-0.4, -0.2) is 96.7 Å². The third kappa shape index (κ3) is 80.1. The van der Waals surface area contributed by atoms with Crippen molar-refractivity contribution in [2.45, 2.75) is 484 Å². The Morgan fingerprint density at radius 1 is 0.255 bits per heavy atom. The third-order valence-corrected chi connectivity index (χ3v) is 22.4. The highest BCUT2D eigenvalue weighted by Gasteiger charge is 2.30. The van der Waals surface area contributed by atoms with Crippen LogP contribution in [0.25, 0.3) is 0 Å². The van der Waals surface area contributed by atoms with Gasteiger partial charge in [0.25, 0.3) is 0 Å². The van der Waals surface area contributed by atoms with Crippen LogP contribution in [-0.2, 0) is 65.4 Å². The molecule has 17 nitrogen and oxygen atoms in total. The summed E-state index contributed by atoms with van der Waals surface area (Å²) >= 11 is 0. The number of phosphoric acid groups is 2. The summed E-state index contributed by atoms with van der Waals surface area (Å²) in [7, 11) is -9.93. The van der Waals surface area contributed by atoms with Crippen molar-refractivity contribution in [2.75, 3.05) is 39.6 Å². The van der Waals surface area contributed by atoms with E-state index in [1.807, 2.05) is 0 Å². The Balaban J connectivity index is 5.26. The summed E-state index contributed by atoms with van der Waals surface area (Å²) in [6, 6.07) is 0. The van der Waals surface area contributed by atoms with Crippen LogP contribution in [0, 0.1) is 11.8 Å². The molecule has 0 heterocycles. The average Bonchev–Trinajstić information content (AvgIpc) is 0.941. The normalized spacial score (nSPS) is 13.8. The van der Waals surface area contributed by atoms with E-state index in [9.17, 15) is 43.2 Å². The number of hydrogen-bond acceptors (Lipinski definition) is 15. The maximum Gasteiger partial charge on any atom is 0.472 e. The fourth-order valence-electron chi connectivity index (χ4n) is 13.6. The Labute approximate surface area is 651 Å². The van der Waals surface area contributed by atoms with Crippen molar-refractivity contribution in [1.29, 1.82) is 0 Å². The molecular formula is C87H170O17P2. The first-order valence-electron chi connectivity index (χ1n) is 45.0. The number of carbonyl (C=O) groups is 4. The summed E-state index contributed by atoms with van der Waals surface area (Å²) in [6.07, 6.45) is 70.7. The first-order chi connectivity index (χ1) is 51.4. The molecule has 0 aliphatic heterocycles. The van der Waals surface area contributed by atoms with Gasteiger partial charge in [-0.05, 0) is 37.5 Å². The average molecular weight is 1550 g/mol. The Kier molecular flexibility index (Phi) is 76.9. The third-order valence-electron chi connectivity index (χ3n) is 20.5. The van der Waals surface area contributed by atoms with Crippen LogP contribution >= 0.6 is 15.6 Å². The van der Waals surface area contributed by atoms with Crippen LogP contribution < -0.4 is 0 Å². The summed E-state index contributed by atoms with van der Waals surface area (Å²) in [5, 5.41) is 10.7. The number of carbonyl (C=O) groups excluding carboxylic acids is 4. The van der Waals surface area contributed by atoms with E-state index in [2.05, 4.69) is 41.5 Å². The first-order valence-corrected chi connectivity index (χ1v) is 48.0. The zero-order valence-electron chi connectivity index (χ0n) is 69.7. The van der Waals surface area contributed by atoms with Gasteiger partial charge in [0.1, 0.15) is 19.3 Å². The van der Waals surface area contributed by atoms with E-state index in [1.165, 1.54) is 283 Å². The lowest BCUT2D eigenvalue weighted by molar-refractivity contribution is -0.161. The smallest absolute Gasteiger partial charge is 0.462 e. The second-order valence-corrected chi connectivity index (χ2v) is 35.1. The van der Waals surface area contributed by atoms with E-state index in [1.54, 1.807) is 0 Å². The molecule has 0 aromatic rings. The molecule has 0 saturated carbocycles. The Bertz CT molecular complexity index is 2030. The molecule has 0 aromatic heterocycles. The number of rotatable bonds is 86. The van der Waals surface area contributed by atoms with Gasteiger partial charge in [-0.25, -0.2) is 9.13 Å². The number of phosphoric ester groups is 2. The lowest BCUT2D eigenvalue weighted by Crippen LogP contribution is -2.30. The van der Waals surface area contributed by atoms with Crippen LogP contribution in [0.3, 0.4) is 0 Å². The highest BCUT2D eigenvalue weighted by molar-refractivity contribution is 7.47. The van der Waals surface area contributed by atoms with Gasteiger partial charge >= 0.3 is 39.5 Å². The standard InChI is InChI=1S/C87H170O17P2/c1-7-9-11-13-15-17-19-21-22-23-24-25-26-27-35-41-47-53-59-65-71-86(91)103-83(76-98-85(90)70-64-58-52-46-40-34-29-28-32-37-43-49-55-61-67-79(3)4)78-102-106(95,96)100-74-81(88)73-99-105(93,94)101-77-82(75-97-84(89)69-63-57-51-45-39-31-20-18-16-14-12-10-8-2)104-87(92)72-66-60-54-48-42-36-30-33-38-44-50-56-62-68-80(5)6/h79-83,88H,7-78H2,1-6H3,(H,93,94)(H,95,96)/t81-,82+,83+/m0/s1. The summed E-state index contributed by atoms with van der Waals surface area (Å²) < 4.78 is 69.0. The summed E-state index contributed by atoms with van der Waals surface area (Å²) in [4.78, 5) is 73.3. The maximum atomic E-state index is 13.2. The fourth-order valence-corrected chi connectivity index (χ4v) is 15.2. The van der Waals surface area contributed by atoms with Gasteiger partial charge in [-0.15, -0.1) is 0 Å². The summed E-state index contributed by atoms with van der Waals surface area (Å²) in [6.45, 7) is 9.72. The molecule has 0 radical (unpaired) electrons. The van der Waals surface area contributed by atoms with E-state index in [0.29, 0.717) is 25.7 Å². The predicted octanol–water partition coefficient (Wildman–Crippen LogP) is 26.6. The van der Waals surface area contributed by atoms with Crippen LogP contribution in [0.2, 0.25) is 0 Å². The van der Waals surface area contributed by atoms with Crippen LogP contribution in [0.15, 0.2) is 0 Å². The molecule has 3 N–H and O–H groups in total. The van der Waals surface area contributed by atoms with Gasteiger partial charge in [-0.3, -0.25) is 37.3 Å². The Morgan fingerprint density at radius 3 is 0.642 bits per heavy atom. The monoisotopic (exact) mass is 1550 g/mol. The van der Waals surface area contributed by atoms with Crippen molar-refractivity contribution >= 4 is 39.5 Å². The number of aliphatic hydroxyl groups is 1. The largest absolute Gasteiger partial charge is 0.472 e. The second kappa shape index (κ2) is 78.3. The summed E-state index contributed by atoms with van der Waals surface area (Å²) in [5.41, 5.74) is 0. The number of aliphatic hydroxyl groups excluding tert-OH is 1. The van der Waals surface area contributed by atoms with Gasteiger partial charge in [-0.1, -0.05) is 414 Å². The Hall–Kier alpha value is -1.94. The molecular weight excluding hydrogens is 1380 g/mol. The van der Waals surface area contributed by atoms with Crippen LogP contribution in [0.4, 0.5) is 0 Å². The molecule has 0 fully saturated rings. The molecule has 2 unspecified atom stereocenters. The highest BCUT2D eigenvalue weighted by atomic mass is 31.2. The van der Waals surface area contributed by atoms with E-state index >= 15 is 0 Å². The van der Waals surface area contributed by atoms with Gasteiger partial charge in [-0.2, -0.15) is 0 Å². The van der Waals surface area contributed by atoms with Crippen molar-refractivity contribution in [3.05, 3.63) is 0 Å². The molecule has 0 rings (SSSR count). The molecule has 0 spiro atoms. The van der Waals surface area contributed by atoms with E-state index in [0.717, 1.165) is 102 Å². The van der Waals surface area contributed by atoms with Gasteiger partial charge < -0.3 is 33.8 Å². The number of esters is 4. The fraction of sp³-hybridized carbons (Fsp3) is 0.954. The number of ether oxygens (including phenoxy) is 4. The molecule has 0 bridgehead atoms. The molecule has 630 valence electrons. The minimum absolute atomic E-state index is 0.108. The van der Waals surface area contributed by atoms with Gasteiger partial charge in [0.05, 0.1) is 26.4 Å².